The second kappa shape index (κ2) is 22.7. The van der Waals surface area contributed by atoms with Crippen LogP contribution in [-0.4, -0.2) is 116 Å². The molecule has 0 heterocycles. The fraction of sp³-hybridized carbons (Fsp3) is 0.912. The number of hydrogen-bond acceptors (Lipinski definition) is 10. The van der Waals surface area contributed by atoms with Crippen LogP contribution in [0, 0.1) is 0 Å². The lowest BCUT2D eigenvalue weighted by Gasteiger charge is -2.46. The molecule has 0 unspecified atom stereocenters. The lowest BCUT2D eigenvalue weighted by atomic mass is 10.4. The Morgan fingerprint density at radius 1 is 0.446 bits per heavy atom. The van der Waals surface area contributed by atoms with Crippen LogP contribution in [0.25, 0.3) is 0 Å². The van der Waals surface area contributed by atoms with E-state index in [4.69, 9.17) is 37.7 Å². The average molecular weight is 992 g/mol. The molecular formula is C34H86O10Si12. The predicted molar refractivity (Wildman–Crippen MR) is 265 cm³/mol. The van der Waals surface area contributed by atoms with E-state index in [0.29, 0.717) is 43.6 Å². The van der Waals surface area contributed by atoms with Gasteiger partial charge in [0.2, 0.25) is 19.5 Å². The van der Waals surface area contributed by atoms with Crippen LogP contribution in [0.3, 0.4) is 0 Å². The summed E-state index contributed by atoms with van der Waals surface area (Å²) in [5, 5.41) is 0. The van der Waals surface area contributed by atoms with E-state index in [-0.39, 0.29) is 12.6 Å². The van der Waals surface area contributed by atoms with Gasteiger partial charge in [-0.15, -0.1) is 0 Å². The molecule has 0 N–H and O–H groups in total. The topological polar surface area (TPSA) is 100 Å². The lowest BCUT2D eigenvalue weighted by molar-refractivity contribution is -0.139. The van der Waals surface area contributed by atoms with Crippen molar-refractivity contribution in [2.45, 2.75) is 193 Å². The zero-order valence-corrected chi connectivity index (χ0v) is 52.2. The minimum Gasteiger partial charge on any atom is -0.462 e. The summed E-state index contributed by atoms with van der Waals surface area (Å²) in [6.07, 6.45) is 0.584. The van der Waals surface area contributed by atoms with Gasteiger partial charge in [0.05, 0.1) is 6.61 Å². The molecule has 4 radical (unpaired) electrons. The standard InChI is InChI=1S/C34H86O10Si12/c1-33(2)34(35)36-25-24-28-55(42-52(18,19)29-26-45-37-47(3,4)5,43-53(20,21)30-27-46-38-48(6,7)8)44-54(22,23)31-32-56(39-49(9,10)11,40-50(12,13)14)41-51(15,16)17/h1,24-32H2,2-23H3. The molecule has 0 bridgehead atoms. The van der Waals surface area contributed by atoms with Crippen LogP contribution in [0.4, 0.5) is 0 Å². The van der Waals surface area contributed by atoms with Crippen molar-refractivity contribution in [1.29, 1.82) is 0 Å². The maximum absolute atomic E-state index is 12.4. The van der Waals surface area contributed by atoms with E-state index < -0.39 is 84.1 Å². The fourth-order valence-electron chi connectivity index (χ4n) is 5.52. The Morgan fingerprint density at radius 3 is 1.07 bits per heavy atom. The molecule has 330 valence electrons. The number of carbonyl (C=O) groups is 1. The summed E-state index contributed by atoms with van der Waals surface area (Å²) in [7, 11) is -22.2. The first kappa shape index (κ1) is 57.5. The normalized spacial score (nSPS) is 14.7. The van der Waals surface area contributed by atoms with Crippen LogP contribution in [0.5, 0.6) is 0 Å². The van der Waals surface area contributed by atoms with Gasteiger partial charge >= 0.3 is 23.6 Å². The molecule has 0 saturated carbocycles. The van der Waals surface area contributed by atoms with Crippen LogP contribution in [0.1, 0.15) is 13.3 Å². The van der Waals surface area contributed by atoms with Gasteiger partial charge in [-0.05, 0) is 181 Å². The molecular weight excluding hydrogens is 905 g/mol. The molecule has 0 fully saturated rings. The van der Waals surface area contributed by atoms with Crippen LogP contribution >= 0.6 is 0 Å². The number of rotatable bonds is 30. The fourth-order valence-corrected chi connectivity index (χ4v) is 47.9. The maximum Gasteiger partial charge on any atom is 0.469 e. The smallest absolute Gasteiger partial charge is 0.462 e. The van der Waals surface area contributed by atoms with Crippen molar-refractivity contribution in [1.82, 2.24) is 0 Å². The molecule has 10 nitrogen and oxygen atoms in total. The molecule has 22 heteroatoms. The summed E-state index contributed by atoms with van der Waals surface area (Å²) in [5.41, 5.74) is 0.393. The second-order valence-electron chi connectivity index (χ2n) is 21.8. The highest BCUT2D eigenvalue weighted by Crippen LogP contribution is 2.37. The first-order valence-corrected chi connectivity index (χ1v) is 53.0. The third-order valence-corrected chi connectivity index (χ3v) is 43.4. The van der Waals surface area contributed by atoms with Crippen molar-refractivity contribution in [2.75, 3.05) is 6.61 Å². The van der Waals surface area contributed by atoms with E-state index in [0.717, 1.165) is 30.2 Å². The van der Waals surface area contributed by atoms with Crippen LogP contribution in [0.15, 0.2) is 12.2 Å². The first-order valence-electron chi connectivity index (χ1n) is 20.5. The highest BCUT2D eigenvalue weighted by Gasteiger charge is 2.55. The molecule has 0 aliphatic heterocycles. The Kier molecular flexibility index (Phi) is 23.3. The van der Waals surface area contributed by atoms with Crippen LogP contribution in [0.2, 0.25) is 180 Å². The van der Waals surface area contributed by atoms with E-state index in [1.165, 1.54) is 0 Å². The molecule has 0 aromatic carbocycles. The Bertz CT molecular complexity index is 1130. The van der Waals surface area contributed by atoms with Gasteiger partial charge in [0.25, 0.3) is 0 Å². The van der Waals surface area contributed by atoms with E-state index >= 15 is 0 Å². The van der Waals surface area contributed by atoms with Gasteiger partial charge in [-0.25, -0.2) is 4.79 Å². The molecule has 56 heavy (non-hydrogen) atoms. The zero-order chi connectivity index (χ0) is 44.3. The molecule has 0 aliphatic rings. The monoisotopic (exact) mass is 990 g/mol. The van der Waals surface area contributed by atoms with Crippen molar-refractivity contribution in [3.05, 3.63) is 12.2 Å². The Hall–Kier alpha value is 1.49. The molecule has 0 saturated heterocycles. The number of esters is 1. The Morgan fingerprint density at radius 2 is 0.768 bits per heavy atom. The zero-order valence-electron chi connectivity index (χ0n) is 40.2. The van der Waals surface area contributed by atoms with Gasteiger partial charge in [-0.2, -0.15) is 0 Å². The van der Waals surface area contributed by atoms with Gasteiger partial charge in [-0.3, -0.25) is 0 Å². The quantitative estimate of drug-likeness (QED) is 0.0299. The van der Waals surface area contributed by atoms with Gasteiger partial charge in [0.1, 0.15) is 0 Å². The van der Waals surface area contributed by atoms with E-state index in [2.05, 4.69) is 144 Å². The van der Waals surface area contributed by atoms with Crippen molar-refractivity contribution in [3.63, 3.8) is 0 Å². The van der Waals surface area contributed by atoms with Crippen LogP contribution < -0.4 is 0 Å². The summed E-state index contributed by atoms with van der Waals surface area (Å²) in [5.74, 6) is -0.376. The number of hydrogen-bond donors (Lipinski definition) is 0. The average Bonchev–Trinajstić information content (AvgIpc) is 2.90. The highest BCUT2D eigenvalue weighted by molar-refractivity contribution is 6.93. The van der Waals surface area contributed by atoms with Gasteiger partial charge < -0.3 is 37.7 Å². The first-order chi connectivity index (χ1) is 24.7. The summed E-state index contributed by atoms with van der Waals surface area (Å²) < 4.78 is 62.3. The summed E-state index contributed by atoms with van der Waals surface area (Å²) in [6, 6.07) is 5.91. The molecule has 0 amide bonds. The maximum atomic E-state index is 12.4. The Labute approximate surface area is 361 Å². The van der Waals surface area contributed by atoms with Crippen molar-refractivity contribution >= 4 is 110 Å². The van der Waals surface area contributed by atoms with Gasteiger partial charge in [-0.1, -0.05) is 6.58 Å². The SMILES string of the molecule is C=C(C)C(=O)OCCC[Si](O[Si](C)(C)CC[Si]O[Si](C)(C)C)(O[Si](C)(C)CC[Si]O[Si](C)(C)C)O[Si](C)(C)CC[Si](O[Si](C)(C)C)(O[Si](C)(C)C)O[Si](C)(C)C. The van der Waals surface area contributed by atoms with E-state index in [1.807, 2.05) is 0 Å². The molecule has 0 aliphatic carbocycles. The second-order valence-corrected chi connectivity index (χ2v) is 66.9. The molecule has 0 aromatic heterocycles. The van der Waals surface area contributed by atoms with E-state index in [9.17, 15) is 4.79 Å². The van der Waals surface area contributed by atoms with Gasteiger partial charge in [0.15, 0.2) is 66.5 Å². The number of ether oxygens (including phenoxy) is 1. The summed E-state index contributed by atoms with van der Waals surface area (Å²) >= 11 is 0. The van der Waals surface area contributed by atoms with Gasteiger partial charge in [0, 0.05) is 17.7 Å². The number of carbonyl (C=O) groups excluding carboxylic acids is 1. The lowest BCUT2D eigenvalue weighted by Crippen LogP contribution is -2.63. The highest BCUT2D eigenvalue weighted by atomic mass is 28.5. The van der Waals surface area contributed by atoms with Crippen molar-refractivity contribution < 1.29 is 42.5 Å². The molecule has 0 spiro atoms. The minimum absolute atomic E-state index is 0.257. The third-order valence-electron chi connectivity index (χ3n) is 7.34. The summed E-state index contributed by atoms with van der Waals surface area (Å²) in [6.45, 7) is 53.1. The molecule has 0 atom stereocenters. The predicted octanol–water partition coefficient (Wildman–Crippen LogP) is 11.4. The van der Waals surface area contributed by atoms with E-state index in [1.54, 1.807) is 6.92 Å². The van der Waals surface area contributed by atoms with Crippen molar-refractivity contribution in [3.8, 4) is 0 Å². The third kappa shape index (κ3) is 29.7. The summed E-state index contributed by atoms with van der Waals surface area (Å²) in [4.78, 5) is 12.4. The Balaban J connectivity index is 7.10. The van der Waals surface area contributed by atoms with Crippen LogP contribution in [-0.2, 0) is 42.5 Å². The van der Waals surface area contributed by atoms with Crippen molar-refractivity contribution in [2.24, 2.45) is 0 Å². The molecule has 0 aromatic rings. The molecule has 0 rings (SSSR count). The largest absolute Gasteiger partial charge is 0.469 e. The minimum atomic E-state index is -3.40.